The summed E-state index contributed by atoms with van der Waals surface area (Å²) < 4.78 is 0. The highest BCUT2D eigenvalue weighted by molar-refractivity contribution is 5.47. The van der Waals surface area contributed by atoms with Crippen molar-refractivity contribution in [2.75, 3.05) is 23.3 Å². The van der Waals surface area contributed by atoms with Crippen molar-refractivity contribution in [2.45, 2.75) is 39.2 Å². The summed E-state index contributed by atoms with van der Waals surface area (Å²) in [5, 5.41) is 3.26. The third-order valence-electron chi connectivity index (χ3n) is 3.19. The third-order valence-corrected chi connectivity index (χ3v) is 3.19. The van der Waals surface area contributed by atoms with E-state index in [1.807, 2.05) is 6.07 Å². The van der Waals surface area contributed by atoms with Gasteiger partial charge in [-0.1, -0.05) is 6.07 Å². The molecule has 1 aliphatic heterocycles. The van der Waals surface area contributed by atoms with Crippen LogP contribution < -0.4 is 10.2 Å². The summed E-state index contributed by atoms with van der Waals surface area (Å²) in [5.74, 6) is 2.10. The van der Waals surface area contributed by atoms with Crippen LogP contribution in [0.5, 0.6) is 0 Å². The lowest BCUT2D eigenvalue weighted by molar-refractivity contribution is 0.481. The zero-order valence-electron chi connectivity index (χ0n) is 10.2. The quantitative estimate of drug-likeness (QED) is 0.847. The van der Waals surface area contributed by atoms with E-state index in [1.165, 1.54) is 19.3 Å². The highest BCUT2D eigenvalue weighted by Gasteiger charge is 2.19. The second-order valence-electron chi connectivity index (χ2n) is 4.45. The van der Waals surface area contributed by atoms with Gasteiger partial charge in [-0.05, 0) is 45.2 Å². The first-order valence-electron chi connectivity index (χ1n) is 6.29. The molecule has 0 bridgehead atoms. The van der Waals surface area contributed by atoms with E-state index in [2.05, 4.69) is 41.2 Å². The molecule has 0 aliphatic carbocycles. The zero-order valence-corrected chi connectivity index (χ0v) is 10.2. The predicted molar refractivity (Wildman–Crippen MR) is 69.1 cm³/mol. The number of rotatable bonds is 3. The molecule has 1 aromatic rings. The highest BCUT2D eigenvalue weighted by Crippen LogP contribution is 2.23. The number of hydrogen-bond acceptors (Lipinski definition) is 3. The summed E-state index contributed by atoms with van der Waals surface area (Å²) in [5.41, 5.74) is 0. The molecule has 1 saturated heterocycles. The van der Waals surface area contributed by atoms with E-state index in [9.17, 15) is 0 Å². The standard InChI is InChI=1S/C13H21N3/c1-3-14-12-8-6-9-13(15-12)16-10-5-4-7-11(16)2/h6,8-9,11H,3-5,7,10H2,1-2H3,(H,14,15). The van der Waals surface area contributed by atoms with Crippen LogP contribution >= 0.6 is 0 Å². The lowest BCUT2D eigenvalue weighted by Gasteiger charge is -2.34. The average Bonchev–Trinajstić information content (AvgIpc) is 2.30. The van der Waals surface area contributed by atoms with Crippen LogP contribution in [0.2, 0.25) is 0 Å². The second kappa shape index (κ2) is 5.19. The van der Waals surface area contributed by atoms with Crippen molar-refractivity contribution < 1.29 is 0 Å². The average molecular weight is 219 g/mol. The molecule has 1 N–H and O–H groups in total. The molecular formula is C13H21N3. The summed E-state index contributed by atoms with van der Waals surface area (Å²) in [7, 11) is 0. The fourth-order valence-electron chi connectivity index (χ4n) is 2.30. The van der Waals surface area contributed by atoms with E-state index in [0.29, 0.717) is 6.04 Å². The Morgan fingerprint density at radius 3 is 3.06 bits per heavy atom. The molecule has 3 nitrogen and oxygen atoms in total. The summed E-state index contributed by atoms with van der Waals surface area (Å²) in [4.78, 5) is 7.07. The van der Waals surface area contributed by atoms with E-state index in [4.69, 9.17) is 0 Å². The highest BCUT2D eigenvalue weighted by atomic mass is 15.2. The van der Waals surface area contributed by atoms with Crippen molar-refractivity contribution in [2.24, 2.45) is 0 Å². The molecule has 3 heteroatoms. The Labute approximate surface area is 97.9 Å². The molecule has 0 aromatic carbocycles. The minimum atomic E-state index is 0.623. The summed E-state index contributed by atoms with van der Waals surface area (Å²) in [6.45, 7) is 6.45. The molecule has 1 unspecified atom stereocenters. The van der Waals surface area contributed by atoms with Crippen LogP contribution in [0.1, 0.15) is 33.1 Å². The van der Waals surface area contributed by atoms with Gasteiger partial charge in [0, 0.05) is 19.1 Å². The van der Waals surface area contributed by atoms with Crippen LogP contribution in [-0.2, 0) is 0 Å². The maximum atomic E-state index is 4.65. The van der Waals surface area contributed by atoms with Crippen molar-refractivity contribution in [3.63, 3.8) is 0 Å². The van der Waals surface area contributed by atoms with Gasteiger partial charge >= 0.3 is 0 Å². The number of hydrogen-bond donors (Lipinski definition) is 1. The first-order valence-corrected chi connectivity index (χ1v) is 6.29. The van der Waals surface area contributed by atoms with Crippen LogP contribution in [-0.4, -0.2) is 24.1 Å². The van der Waals surface area contributed by atoms with Gasteiger partial charge in [-0.25, -0.2) is 4.98 Å². The molecule has 88 valence electrons. The molecule has 2 rings (SSSR count). The van der Waals surface area contributed by atoms with Crippen molar-refractivity contribution in [1.82, 2.24) is 4.98 Å². The molecule has 0 radical (unpaired) electrons. The molecule has 1 atom stereocenters. The second-order valence-corrected chi connectivity index (χ2v) is 4.45. The van der Waals surface area contributed by atoms with Crippen molar-refractivity contribution in [3.05, 3.63) is 18.2 Å². The zero-order chi connectivity index (χ0) is 11.4. The lowest BCUT2D eigenvalue weighted by atomic mass is 10.0. The predicted octanol–water partition coefficient (Wildman–Crippen LogP) is 2.89. The van der Waals surface area contributed by atoms with Crippen LogP contribution in [0.4, 0.5) is 11.6 Å². The van der Waals surface area contributed by atoms with Crippen molar-refractivity contribution in [1.29, 1.82) is 0 Å². The van der Waals surface area contributed by atoms with E-state index < -0.39 is 0 Å². The number of pyridine rings is 1. The van der Waals surface area contributed by atoms with Gasteiger partial charge in [0.25, 0.3) is 0 Å². The van der Waals surface area contributed by atoms with Crippen molar-refractivity contribution in [3.8, 4) is 0 Å². The largest absolute Gasteiger partial charge is 0.370 e. The molecule has 16 heavy (non-hydrogen) atoms. The Hall–Kier alpha value is -1.25. The Bertz CT molecular complexity index is 338. The van der Waals surface area contributed by atoms with Crippen LogP contribution in [0.25, 0.3) is 0 Å². The maximum absolute atomic E-state index is 4.65. The fourth-order valence-corrected chi connectivity index (χ4v) is 2.30. The Balaban J connectivity index is 2.15. The van der Waals surface area contributed by atoms with Gasteiger partial charge in [-0.3, -0.25) is 0 Å². The van der Waals surface area contributed by atoms with Crippen LogP contribution in [0, 0.1) is 0 Å². The third kappa shape index (κ3) is 2.46. The Kier molecular flexibility index (Phi) is 3.65. The van der Waals surface area contributed by atoms with E-state index in [0.717, 1.165) is 24.7 Å². The molecule has 1 aromatic heterocycles. The number of nitrogens with zero attached hydrogens (tertiary/aromatic N) is 2. The van der Waals surface area contributed by atoms with Gasteiger partial charge in [0.1, 0.15) is 11.6 Å². The first-order chi connectivity index (χ1) is 7.81. The summed E-state index contributed by atoms with van der Waals surface area (Å²) >= 11 is 0. The van der Waals surface area contributed by atoms with E-state index in [1.54, 1.807) is 0 Å². The first kappa shape index (κ1) is 11.2. The minimum Gasteiger partial charge on any atom is -0.370 e. The number of anilines is 2. The maximum Gasteiger partial charge on any atom is 0.131 e. The van der Waals surface area contributed by atoms with Gasteiger partial charge < -0.3 is 10.2 Å². The van der Waals surface area contributed by atoms with E-state index in [-0.39, 0.29) is 0 Å². The molecular weight excluding hydrogens is 198 g/mol. The number of nitrogens with one attached hydrogen (secondary N) is 1. The Morgan fingerprint density at radius 1 is 1.44 bits per heavy atom. The van der Waals surface area contributed by atoms with Crippen LogP contribution in [0.15, 0.2) is 18.2 Å². The van der Waals surface area contributed by atoms with Crippen molar-refractivity contribution >= 4 is 11.6 Å². The fraction of sp³-hybridized carbons (Fsp3) is 0.615. The minimum absolute atomic E-state index is 0.623. The molecule has 0 saturated carbocycles. The summed E-state index contributed by atoms with van der Waals surface area (Å²) in [6, 6.07) is 6.85. The van der Waals surface area contributed by atoms with E-state index >= 15 is 0 Å². The topological polar surface area (TPSA) is 28.2 Å². The molecule has 1 aliphatic rings. The summed E-state index contributed by atoms with van der Waals surface area (Å²) in [6.07, 6.45) is 3.93. The SMILES string of the molecule is CCNc1cccc(N2CCCCC2C)n1. The molecule has 1 fully saturated rings. The van der Waals surface area contributed by atoms with Gasteiger partial charge in [0.05, 0.1) is 0 Å². The van der Waals surface area contributed by atoms with Gasteiger partial charge in [0.2, 0.25) is 0 Å². The van der Waals surface area contributed by atoms with Gasteiger partial charge in [-0.15, -0.1) is 0 Å². The molecule has 0 amide bonds. The Morgan fingerprint density at radius 2 is 2.31 bits per heavy atom. The normalized spacial score (nSPS) is 20.9. The van der Waals surface area contributed by atoms with Crippen LogP contribution in [0.3, 0.4) is 0 Å². The van der Waals surface area contributed by atoms with Gasteiger partial charge in [-0.2, -0.15) is 0 Å². The molecule has 2 heterocycles. The number of aromatic nitrogens is 1. The monoisotopic (exact) mass is 219 g/mol. The van der Waals surface area contributed by atoms with Gasteiger partial charge in [0.15, 0.2) is 0 Å². The lowest BCUT2D eigenvalue weighted by Crippen LogP contribution is -2.38. The molecule has 0 spiro atoms. The number of piperidine rings is 1. The smallest absolute Gasteiger partial charge is 0.131 e.